The Morgan fingerprint density at radius 2 is 1.95 bits per heavy atom. The average Bonchev–Trinajstić information content (AvgIpc) is 2.33. The van der Waals surface area contributed by atoms with Crippen molar-refractivity contribution in [1.29, 1.82) is 0 Å². The SMILES string of the molecule is COc1ccc(CCN(C)CCC(C)(C)N)cc1C. The van der Waals surface area contributed by atoms with E-state index in [2.05, 4.69) is 44.9 Å². The zero-order chi connectivity index (χ0) is 14.5. The summed E-state index contributed by atoms with van der Waals surface area (Å²) in [5, 5.41) is 0. The molecule has 0 aromatic heterocycles. The lowest BCUT2D eigenvalue weighted by Crippen LogP contribution is -2.36. The first-order chi connectivity index (χ1) is 8.81. The van der Waals surface area contributed by atoms with Crippen LogP contribution in [0.15, 0.2) is 18.2 Å². The molecule has 1 aromatic rings. The number of hydrogen-bond donors (Lipinski definition) is 1. The molecule has 2 N–H and O–H groups in total. The molecule has 108 valence electrons. The monoisotopic (exact) mass is 264 g/mol. The van der Waals surface area contributed by atoms with Crippen LogP contribution in [0.1, 0.15) is 31.4 Å². The second-order valence-corrected chi connectivity index (χ2v) is 6.10. The van der Waals surface area contributed by atoms with Crippen molar-refractivity contribution in [1.82, 2.24) is 4.90 Å². The van der Waals surface area contributed by atoms with Crippen molar-refractivity contribution in [2.24, 2.45) is 5.73 Å². The average molecular weight is 264 g/mol. The predicted octanol–water partition coefficient (Wildman–Crippen LogP) is 2.61. The first-order valence-electron chi connectivity index (χ1n) is 6.93. The standard InChI is InChI=1S/C16H28N2O/c1-13-12-14(6-7-15(13)19-5)8-10-18(4)11-9-16(2,3)17/h6-7,12H,8-11,17H2,1-5H3. The quantitative estimate of drug-likeness (QED) is 0.822. The van der Waals surface area contributed by atoms with E-state index in [0.29, 0.717) is 0 Å². The normalized spacial score (nSPS) is 11.9. The molecule has 1 aromatic carbocycles. The minimum atomic E-state index is -0.0784. The smallest absolute Gasteiger partial charge is 0.121 e. The van der Waals surface area contributed by atoms with Crippen molar-refractivity contribution < 1.29 is 4.74 Å². The van der Waals surface area contributed by atoms with Gasteiger partial charge in [0.2, 0.25) is 0 Å². The molecule has 0 spiro atoms. The van der Waals surface area contributed by atoms with Crippen molar-refractivity contribution in [2.45, 2.75) is 39.2 Å². The fourth-order valence-corrected chi connectivity index (χ4v) is 2.01. The third-order valence-electron chi connectivity index (χ3n) is 3.38. The number of nitrogens with two attached hydrogens (primary N) is 1. The number of methoxy groups -OCH3 is 1. The van der Waals surface area contributed by atoms with Crippen LogP contribution in [0, 0.1) is 6.92 Å². The topological polar surface area (TPSA) is 38.5 Å². The van der Waals surface area contributed by atoms with Crippen LogP contribution in [-0.4, -0.2) is 37.7 Å². The lowest BCUT2D eigenvalue weighted by molar-refractivity contribution is 0.298. The van der Waals surface area contributed by atoms with Gasteiger partial charge in [0.25, 0.3) is 0 Å². The van der Waals surface area contributed by atoms with E-state index in [1.54, 1.807) is 7.11 Å². The minimum absolute atomic E-state index is 0.0784. The van der Waals surface area contributed by atoms with Gasteiger partial charge in [0, 0.05) is 12.1 Å². The van der Waals surface area contributed by atoms with Crippen LogP contribution < -0.4 is 10.5 Å². The highest BCUT2D eigenvalue weighted by molar-refractivity contribution is 5.36. The molecule has 0 amide bonds. The fourth-order valence-electron chi connectivity index (χ4n) is 2.01. The number of rotatable bonds is 7. The molecule has 0 fully saturated rings. The summed E-state index contributed by atoms with van der Waals surface area (Å²) < 4.78 is 5.28. The van der Waals surface area contributed by atoms with Crippen LogP contribution >= 0.6 is 0 Å². The Bertz CT molecular complexity index is 396. The van der Waals surface area contributed by atoms with Gasteiger partial charge in [-0.1, -0.05) is 12.1 Å². The summed E-state index contributed by atoms with van der Waals surface area (Å²) >= 11 is 0. The van der Waals surface area contributed by atoms with Crippen molar-refractivity contribution in [3.8, 4) is 5.75 Å². The van der Waals surface area contributed by atoms with E-state index < -0.39 is 0 Å². The van der Waals surface area contributed by atoms with Crippen molar-refractivity contribution in [3.63, 3.8) is 0 Å². The number of nitrogens with zero attached hydrogens (tertiary/aromatic N) is 1. The van der Waals surface area contributed by atoms with Crippen LogP contribution in [-0.2, 0) is 6.42 Å². The van der Waals surface area contributed by atoms with Gasteiger partial charge in [0.15, 0.2) is 0 Å². The third-order valence-corrected chi connectivity index (χ3v) is 3.38. The molecule has 3 heteroatoms. The fraction of sp³-hybridized carbons (Fsp3) is 0.625. The van der Waals surface area contributed by atoms with Crippen LogP contribution in [0.5, 0.6) is 5.75 Å². The van der Waals surface area contributed by atoms with E-state index in [0.717, 1.165) is 31.7 Å². The number of ether oxygens (including phenoxy) is 1. The van der Waals surface area contributed by atoms with Crippen molar-refractivity contribution in [3.05, 3.63) is 29.3 Å². The molecular formula is C16H28N2O. The van der Waals surface area contributed by atoms with Crippen LogP contribution in [0.4, 0.5) is 0 Å². The molecule has 19 heavy (non-hydrogen) atoms. The van der Waals surface area contributed by atoms with E-state index in [1.807, 2.05) is 6.07 Å². The molecule has 1 rings (SSSR count). The maximum Gasteiger partial charge on any atom is 0.121 e. The molecule has 0 unspecified atom stereocenters. The van der Waals surface area contributed by atoms with Gasteiger partial charge < -0.3 is 15.4 Å². The van der Waals surface area contributed by atoms with E-state index in [4.69, 9.17) is 10.5 Å². The third kappa shape index (κ3) is 6.08. The highest BCUT2D eigenvalue weighted by atomic mass is 16.5. The Kier molecular flexibility index (Phi) is 5.83. The Hall–Kier alpha value is -1.06. The van der Waals surface area contributed by atoms with Gasteiger partial charge in [-0.25, -0.2) is 0 Å². The van der Waals surface area contributed by atoms with Gasteiger partial charge in [-0.15, -0.1) is 0 Å². The van der Waals surface area contributed by atoms with Gasteiger partial charge in [-0.3, -0.25) is 0 Å². The van der Waals surface area contributed by atoms with E-state index in [1.165, 1.54) is 11.1 Å². The second-order valence-electron chi connectivity index (χ2n) is 6.10. The van der Waals surface area contributed by atoms with E-state index in [-0.39, 0.29) is 5.54 Å². The molecule has 0 heterocycles. The number of hydrogen-bond acceptors (Lipinski definition) is 3. The molecule has 0 saturated carbocycles. The first-order valence-corrected chi connectivity index (χ1v) is 6.93. The van der Waals surface area contributed by atoms with Gasteiger partial charge >= 0.3 is 0 Å². The van der Waals surface area contributed by atoms with Gasteiger partial charge in [0.05, 0.1) is 7.11 Å². The molecule has 0 aliphatic rings. The zero-order valence-electron chi connectivity index (χ0n) is 13.0. The highest BCUT2D eigenvalue weighted by Gasteiger charge is 2.11. The molecule has 0 bridgehead atoms. The Morgan fingerprint density at radius 3 is 2.47 bits per heavy atom. The minimum Gasteiger partial charge on any atom is -0.496 e. The molecule has 3 nitrogen and oxygen atoms in total. The maximum atomic E-state index is 6.00. The Morgan fingerprint density at radius 1 is 1.26 bits per heavy atom. The summed E-state index contributed by atoms with van der Waals surface area (Å²) in [5.41, 5.74) is 8.48. The zero-order valence-corrected chi connectivity index (χ0v) is 13.0. The second kappa shape index (κ2) is 6.92. The van der Waals surface area contributed by atoms with E-state index >= 15 is 0 Å². The van der Waals surface area contributed by atoms with Crippen molar-refractivity contribution in [2.75, 3.05) is 27.2 Å². The van der Waals surface area contributed by atoms with Gasteiger partial charge in [-0.05, 0) is 64.4 Å². The molecule has 0 atom stereocenters. The number of benzene rings is 1. The molecule has 0 aliphatic heterocycles. The van der Waals surface area contributed by atoms with Crippen LogP contribution in [0.2, 0.25) is 0 Å². The largest absolute Gasteiger partial charge is 0.496 e. The van der Waals surface area contributed by atoms with E-state index in [9.17, 15) is 0 Å². The number of likely N-dealkylation sites (N-methyl/N-ethyl adjacent to an activating group) is 1. The number of aryl methyl sites for hydroxylation is 1. The lowest BCUT2D eigenvalue weighted by Gasteiger charge is -2.23. The summed E-state index contributed by atoms with van der Waals surface area (Å²) in [4.78, 5) is 2.34. The molecule has 0 aliphatic carbocycles. The highest BCUT2D eigenvalue weighted by Crippen LogP contribution is 2.18. The first kappa shape index (κ1) is 16.0. The molecule has 0 saturated heterocycles. The summed E-state index contributed by atoms with van der Waals surface area (Å²) in [6.07, 6.45) is 2.08. The van der Waals surface area contributed by atoms with Crippen LogP contribution in [0.25, 0.3) is 0 Å². The predicted molar refractivity (Wildman–Crippen MR) is 81.8 cm³/mol. The summed E-state index contributed by atoms with van der Waals surface area (Å²) in [5.74, 6) is 0.960. The maximum absolute atomic E-state index is 6.00. The van der Waals surface area contributed by atoms with Gasteiger partial charge in [-0.2, -0.15) is 0 Å². The van der Waals surface area contributed by atoms with Crippen LogP contribution in [0.3, 0.4) is 0 Å². The molecule has 0 radical (unpaired) electrons. The Balaban J connectivity index is 2.42. The van der Waals surface area contributed by atoms with Gasteiger partial charge in [0.1, 0.15) is 5.75 Å². The molecular weight excluding hydrogens is 236 g/mol. The summed E-state index contributed by atoms with van der Waals surface area (Å²) in [7, 11) is 3.87. The summed E-state index contributed by atoms with van der Waals surface area (Å²) in [6, 6.07) is 6.40. The lowest BCUT2D eigenvalue weighted by atomic mass is 10.0. The van der Waals surface area contributed by atoms with Crippen molar-refractivity contribution >= 4 is 0 Å². The Labute approximate surface area is 117 Å². The summed E-state index contributed by atoms with van der Waals surface area (Å²) in [6.45, 7) is 8.34.